The van der Waals surface area contributed by atoms with Crippen LogP contribution in [-0.4, -0.2) is 65.2 Å². The SMILES string of the molecule is CC(=O)N1CCN(C2CCCCC2)C[C@](O)(COc2cc(C)cc(C)c2)C1. The van der Waals surface area contributed by atoms with E-state index in [0.717, 1.165) is 23.4 Å². The van der Waals surface area contributed by atoms with Crippen molar-refractivity contribution in [2.75, 3.05) is 32.8 Å². The number of hydrogen-bond donors (Lipinski definition) is 1. The molecule has 0 radical (unpaired) electrons. The topological polar surface area (TPSA) is 53.0 Å². The Morgan fingerprint density at radius 2 is 1.78 bits per heavy atom. The van der Waals surface area contributed by atoms with Crippen molar-refractivity contribution in [3.8, 4) is 5.75 Å². The van der Waals surface area contributed by atoms with Gasteiger partial charge in [-0.1, -0.05) is 25.3 Å². The van der Waals surface area contributed by atoms with Gasteiger partial charge in [0.2, 0.25) is 5.91 Å². The Morgan fingerprint density at radius 1 is 1.11 bits per heavy atom. The van der Waals surface area contributed by atoms with Crippen LogP contribution in [0.25, 0.3) is 0 Å². The van der Waals surface area contributed by atoms with Crippen molar-refractivity contribution in [1.82, 2.24) is 9.80 Å². The van der Waals surface area contributed by atoms with Gasteiger partial charge >= 0.3 is 0 Å². The van der Waals surface area contributed by atoms with Crippen LogP contribution in [-0.2, 0) is 4.79 Å². The summed E-state index contributed by atoms with van der Waals surface area (Å²) in [6.07, 6.45) is 6.20. The molecule has 2 aliphatic rings. The average Bonchev–Trinajstić information content (AvgIpc) is 2.80. The molecule has 1 N–H and O–H groups in total. The molecule has 27 heavy (non-hydrogen) atoms. The van der Waals surface area contributed by atoms with Gasteiger partial charge in [0.1, 0.15) is 18.0 Å². The number of aliphatic hydroxyl groups is 1. The smallest absolute Gasteiger partial charge is 0.219 e. The van der Waals surface area contributed by atoms with Crippen molar-refractivity contribution in [3.63, 3.8) is 0 Å². The van der Waals surface area contributed by atoms with Gasteiger partial charge in [0.15, 0.2) is 0 Å². The lowest BCUT2D eigenvalue weighted by Gasteiger charge is -2.37. The highest BCUT2D eigenvalue weighted by Gasteiger charge is 2.39. The molecule has 0 aromatic heterocycles. The number of ether oxygens (including phenoxy) is 1. The molecule has 1 aliphatic heterocycles. The van der Waals surface area contributed by atoms with Gasteiger partial charge in [-0.25, -0.2) is 0 Å². The zero-order valence-electron chi connectivity index (χ0n) is 17.0. The summed E-state index contributed by atoms with van der Waals surface area (Å²) in [6.45, 7) is 8.27. The number of hydrogen-bond acceptors (Lipinski definition) is 4. The lowest BCUT2D eigenvalue weighted by molar-refractivity contribution is -0.132. The van der Waals surface area contributed by atoms with Crippen LogP contribution in [0, 0.1) is 13.8 Å². The van der Waals surface area contributed by atoms with E-state index in [-0.39, 0.29) is 12.5 Å². The standard InChI is InChI=1S/C22H34N2O3/c1-17-11-18(2)13-21(12-17)27-16-22(26)14-23(19(3)25)9-10-24(15-22)20-7-5-4-6-8-20/h11-13,20,26H,4-10,14-16H2,1-3H3/t22-/m0/s1. The molecule has 3 rings (SSSR count). The van der Waals surface area contributed by atoms with Gasteiger partial charge in [-0.05, 0) is 49.9 Å². The number of amides is 1. The second-order valence-corrected chi connectivity index (χ2v) is 8.54. The van der Waals surface area contributed by atoms with Gasteiger partial charge in [0.25, 0.3) is 0 Å². The molecule has 1 amide bonds. The summed E-state index contributed by atoms with van der Waals surface area (Å²) < 4.78 is 6.01. The molecule has 5 nitrogen and oxygen atoms in total. The van der Waals surface area contributed by atoms with Crippen LogP contribution in [0.1, 0.15) is 50.2 Å². The molecule has 0 bridgehead atoms. The van der Waals surface area contributed by atoms with Crippen molar-refractivity contribution in [3.05, 3.63) is 29.3 Å². The van der Waals surface area contributed by atoms with Gasteiger partial charge in [0, 0.05) is 32.6 Å². The highest BCUT2D eigenvalue weighted by Crippen LogP contribution is 2.27. The van der Waals surface area contributed by atoms with E-state index in [4.69, 9.17) is 4.74 Å². The summed E-state index contributed by atoms with van der Waals surface area (Å²) >= 11 is 0. The third-order valence-corrected chi connectivity index (χ3v) is 5.88. The summed E-state index contributed by atoms with van der Waals surface area (Å²) in [5, 5.41) is 11.4. The molecule has 1 aromatic rings. The molecule has 1 atom stereocenters. The number of carbonyl (C=O) groups is 1. The fraction of sp³-hybridized carbons (Fsp3) is 0.682. The molecule has 0 unspecified atom stereocenters. The van der Waals surface area contributed by atoms with Gasteiger partial charge < -0.3 is 14.7 Å². The zero-order valence-corrected chi connectivity index (χ0v) is 17.0. The molecule has 1 saturated carbocycles. The molecule has 2 fully saturated rings. The molecular formula is C22H34N2O3. The normalized spacial score (nSPS) is 25.3. The lowest BCUT2D eigenvalue weighted by atomic mass is 9.93. The highest BCUT2D eigenvalue weighted by molar-refractivity contribution is 5.73. The molecule has 1 heterocycles. The quantitative estimate of drug-likeness (QED) is 0.880. The van der Waals surface area contributed by atoms with Crippen LogP contribution in [0.15, 0.2) is 18.2 Å². The largest absolute Gasteiger partial charge is 0.490 e. The van der Waals surface area contributed by atoms with E-state index in [1.807, 2.05) is 26.0 Å². The van der Waals surface area contributed by atoms with E-state index < -0.39 is 5.60 Å². The number of benzene rings is 1. The Morgan fingerprint density at radius 3 is 2.41 bits per heavy atom. The highest BCUT2D eigenvalue weighted by atomic mass is 16.5. The molecule has 1 aliphatic carbocycles. The summed E-state index contributed by atoms with van der Waals surface area (Å²) in [6, 6.07) is 6.61. The molecule has 0 spiro atoms. The van der Waals surface area contributed by atoms with E-state index in [1.54, 1.807) is 11.8 Å². The van der Waals surface area contributed by atoms with Gasteiger partial charge in [-0.15, -0.1) is 0 Å². The third-order valence-electron chi connectivity index (χ3n) is 5.88. The maximum Gasteiger partial charge on any atom is 0.219 e. The molecular weight excluding hydrogens is 340 g/mol. The van der Waals surface area contributed by atoms with Crippen LogP contribution in [0.5, 0.6) is 5.75 Å². The first-order chi connectivity index (χ1) is 12.8. The molecule has 1 saturated heterocycles. The lowest BCUT2D eigenvalue weighted by Crippen LogP contribution is -2.53. The van der Waals surface area contributed by atoms with Crippen molar-refractivity contribution in [2.45, 2.75) is 64.5 Å². The van der Waals surface area contributed by atoms with E-state index in [2.05, 4.69) is 11.0 Å². The summed E-state index contributed by atoms with van der Waals surface area (Å²) in [4.78, 5) is 16.2. The van der Waals surface area contributed by atoms with Crippen LogP contribution in [0.2, 0.25) is 0 Å². The van der Waals surface area contributed by atoms with E-state index in [9.17, 15) is 9.90 Å². The fourth-order valence-electron chi connectivity index (χ4n) is 4.54. The monoisotopic (exact) mass is 374 g/mol. The second kappa shape index (κ2) is 8.61. The number of aryl methyl sites for hydroxylation is 2. The van der Waals surface area contributed by atoms with Gasteiger partial charge in [-0.2, -0.15) is 0 Å². The first kappa shape index (κ1) is 20.2. The Bertz CT molecular complexity index is 637. The molecule has 1 aromatic carbocycles. The van der Waals surface area contributed by atoms with E-state index in [0.29, 0.717) is 25.7 Å². The predicted molar refractivity (Wildman–Crippen MR) is 107 cm³/mol. The van der Waals surface area contributed by atoms with Crippen LogP contribution < -0.4 is 4.74 Å². The van der Waals surface area contributed by atoms with E-state index >= 15 is 0 Å². The first-order valence-electron chi connectivity index (χ1n) is 10.3. The summed E-state index contributed by atoms with van der Waals surface area (Å²) in [5.41, 5.74) is 1.23. The van der Waals surface area contributed by atoms with Crippen molar-refractivity contribution in [2.24, 2.45) is 0 Å². The Balaban J connectivity index is 1.73. The maximum atomic E-state index is 12.0. The molecule has 5 heteroatoms. The minimum atomic E-state index is -1.06. The van der Waals surface area contributed by atoms with Crippen LogP contribution >= 0.6 is 0 Å². The average molecular weight is 375 g/mol. The second-order valence-electron chi connectivity index (χ2n) is 8.54. The number of rotatable bonds is 4. The zero-order chi connectivity index (χ0) is 19.4. The van der Waals surface area contributed by atoms with Gasteiger partial charge in [0.05, 0.1) is 6.54 Å². The Labute approximate surface area is 163 Å². The minimum Gasteiger partial charge on any atom is -0.490 e. The number of β-amino-alcohol motifs (C(OH)–C–C–N with tert-alkyl or cyclic N) is 1. The predicted octanol–water partition coefficient (Wildman–Crippen LogP) is 2.91. The fourth-order valence-corrected chi connectivity index (χ4v) is 4.54. The Hall–Kier alpha value is -1.59. The number of nitrogens with zero attached hydrogens (tertiary/aromatic N) is 2. The Kier molecular flexibility index (Phi) is 6.43. The molecule has 150 valence electrons. The van der Waals surface area contributed by atoms with Crippen LogP contribution in [0.4, 0.5) is 0 Å². The third kappa shape index (κ3) is 5.45. The van der Waals surface area contributed by atoms with Crippen molar-refractivity contribution in [1.29, 1.82) is 0 Å². The number of carbonyl (C=O) groups excluding carboxylic acids is 1. The summed E-state index contributed by atoms with van der Waals surface area (Å²) in [5.74, 6) is 0.800. The van der Waals surface area contributed by atoms with Crippen molar-refractivity contribution < 1.29 is 14.6 Å². The minimum absolute atomic E-state index is 0.0188. The van der Waals surface area contributed by atoms with Crippen molar-refractivity contribution >= 4 is 5.91 Å². The van der Waals surface area contributed by atoms with E-state index in [1.165, 1.54) is 32.1 Å². The maximum absolute atomic E-state index is 12.0. The van der Waals surface area contributed by atoms with Crippen LogP contribution in [0.3, 0.4) is 0 Å². The summed E-state index contributed by atoms with van der Waals surface area (Å²) in [7, 11) is 0. The van der Waals surface area contributed by atoms with Gasteiger partial charge in [-0.3, -0.25) is 9.69 Å². The first-order valence-corrected chi connectivity index (χ1v) is 10.3.